The molecule has 1 aromatic heterocycles. The third kappa shape index (κ3) is 3.69. The lowest BCUT2D eigenvalue weighted by Gasteiger charge is -2.32. The molecule has 2 heterocycles. The van der Waals surface area contributed by atoms with Crippen LogP contribution in [0.3, 0.4) is 0 Å². The van der Waals surface area contributed by atoms with Crippen molar-refractivity contribution in [1.29, 1.82) is 0 Å². The number of hydrogen-bond acceptors (Lipinski definition) is 4. The maximum absolute atomic E-state index is 12.8. The van der Waals surface area contributed by atoms with E-state index in [2.05, 4.69) is 5.32 Å². The second-order valence-electron chi connectivity index (χ2n) is 7.10. The highest BCUT2D eigenvalue weighted by atomic mass is 16.4. The number of rotatable bonds is 3. The van der Waals surface area contributed by atoms with Gasteiger partial charge in [-0.3, -0.25) is 9.59 Å². The van der Waals surface area contributed by atoms with Crippen LogP contribution in [0.25, 0.3) is 17.0 Å². The molecule has 146 valence electrons. The van der Waals surface area contributed by atoms with Gasteiger partial charge >= 0.3 is 5.63 Å². The van der Waals surface area contributed by atoms with Crippen LogP contribution in [-0.2, 0) is 9.59 Å². The van der Waals surface area contributed by atoms with E-state index in [1.165, 1.54) is 13.0 Å². The Labute approximate surface area is 167 Å². The van der Waals surface area contributed by atoms with Crippen LogP contribution >= 0.6 is 0 Å². The number of fused-ring (bicyclic) bond motifs is 2. The Morgan fingerprint density at radius 2 is 1.93 bits per heavy atom. The lowest BCUT2D eigenvalue weighted by atomic mass is 9.93. The summed E-state index contributed by atoms with van der Waals surface area (Å²) in [5.41, 5.74) is 3.26. The van der Waals surface area contributed by atoms with Gasteiger partial charge in [0.2, 0.25) is 11.8 Å². The third-order valence-corrected chi connectivity index (χ3v) is 5.08. The Kier molecular flexibility index (Phi) is 4.76. The van der Waals surface area contributed by atoms with E-state index < -0.39 is 5.63 Å². The SMILES string of the molecule is CC(=O)N1C=Cc2ccccc2C1CC(=O)Nc1ccc2c(C)cc(=O)oc2c1. The van der Waals surface area contributed by atoms with Gasteiger partial charge < -0.3 is 14.6 Å². The fourth-order valence-corrected chi connectivity index (χ4v) is 3.70. The monoisotopic (exact) mass is 388 g/mol. The van der Waals surface area contributed by atoms with Crippen LogP contribution in [-0.4, -0.2) is 16.7 Å². The molecule has 2 amide bonds. The second-order valence-corrected chi connectivity index (χ2v) is 7.10. The zero-order valence-electron chi connectivity index (χ0n) is 16.1. The maximum Gasteiger partial charge on any atom is 0.336 e. The molecule has 0 spiro atoms. The summed E-state index contributed by atoms with van der Waals surface area (Å²) in [6.07, 6.45) is 3.70. The molecular weight excluding hydrogens is 368 g/mol. The van der Waals surface area contributed by atoms with Gasteiger partial charge in [-0.15, -0.1) is 0 Å². The Balaban J connectivity index is 1.59. The molecule has 1 aliphatic rings. The van der Waals surface area contributed by atoms with Crippen LogP contribution in [0.1, 0.15) is 36.1 Å². The molecule has 3 aromatic rings. The topological polar surface area (TPSA) is 79.6 Å². The quantitative estimate of drug-likeness (QED) is 0.688. The van der Waals surface area contributed by atoms with Crippen LogP contribution in [0.5, 0.6) is 0 Å². The molecule has 2 aromatic carbocycles. The average molecular weight is 388 g/mol. The minimum absolute atomic E-state index is 0.108. The van der Waals surface area contributed by atoms with E-state index in [0.29, 0.717) is 11.3 Å². The molecule has 0 saturated heterocycles. The van der Waals surface area contributed by atoms with Crippen molar-refractivity contribution in [3.63, 3.8) is 0 Å². The van der Waals surface area contributed by atoms with E-state index in [-0.39, 0.29) is 24.3 Å². The van der Waals surface area contributed by atoms with Crippen molar-refractivity contribution in [2.45, 2.75) is 26.3 Å². The molecule has 0 saturated carbocycles. The highest BCUT2D eigenvalue weighted by Gasteiger charge is 2.28. The summed E-state index contributed by atoms with van der Waals surface area (Å²) in [6, 6.07) is 14.0. The van der Waals surface area contributed by atoms with Crippen LogP contribution in [0, 0.1) is 6.92 Å². The normalized spacial score (nSPS) is 15.2. The molecule has 1 atom stereocenters. The Morgan fingerprint density at radius 3 is 2.72 bits per heavy atom. The Hall–Kier alpha value is -3.67. The van der Waals surface area contributed by atoms with Crippen molar-refractivity contribution >= 4 is 34.5 Å². The lowest BCUT2D eigenvalue weighted by molar-refractivity contribution is -0.129. The molecule has 0 radical (unpaired) electrons. The zero-order valence-corrected chi connectivity index (χ0v) is 16.1. The summed E-state index contributed by atoms with van der Waals surface area (Å²) >= 11 is 0. The van der Waals surface area contributed by atoms with Gasteiger partial charge in [0.1, 0.15) is 5.58 Å². The van der Waals surface area contributed by atoms with Crippen LogP contribution in [0.15, 0.2) is 63.9 Å². The number of aryl methyl sites for hydroxylation is 1. The molecule has 6 heteroatoms. The molecule has 29 heavy (non-hydrogen) atoms. The van der Waals surface area contributed by atoms with Crippen molar-refractivity contribution in [2.24, 2.45) is 0 Å². The lowest BCUT2D eigenvalue weighted by Crippen LogP contribution is -2.33. The number of nitrogens with zero attached hydrogens (tertiary/aromatic N) is 1. The van der Waals surface area contributed by atoms with Crippen molar-refractivity contribution in [3.05, 3.63) is 81.8 Å². The number of benzene rings is 2. The van der Waals surface area contributed by atoms with E-state index in [1.807, 2.05) is 43.3 Å². The predicted octanol–water partition coefficient (Wildman–Crippen LogP) is 4.00. The number of carbonyl (C=O) groups excluding carboxylic acids is 2. The van der Waals surface area contributed by atoms with Crippen LogP contribution < -0.4 is 10.9 Å². The first-order valence-electron chi connectivity index (χ1n) is 9.33. The van der Waals surface area contributed by atoms with Gasteiger partial charge in [0.25, 0.3) is 0 Å². The van der Waals surface area contributed by atoms with E-state index in [0.717, 1.165) is 22.1 Å². The second kappa shape index (κ2) is 7.39. The number of amides is 2. The van der Waals surface area contributed by atoms with Gasteiger partial charge in [-0.2, -0.15) is 0 Å². The predicted molar refractivity (Wildman–Crippen MR) is 111 cm³/mol. The average Bonchev–Trinajstić information content (AvgIpc) is 2.67. The first-order chi connectivity index (χ1) is 13.9. The first kappa shape index (κ1) is 18.7. The molecule has 1 unspecified atom stereocenters. The van der Waals surface area contributed by atoms with Gasteiger partial charge in [-0.25, -0.2) is 4.79 Å². The summed E-state index contributed by atoms with van der Waals surface area (Å²) in [6.45, 7) is 3.32. The maximum atomic E-state index is 12.8. The summed E-state index contributed by atoms with van der Waals surface area (Å²) in [5, 5.41) is 3.66. The molecule has 6 nitrogen and oxygen atoms in total. The Morgan fingerprint density at radius 1 is 1.14 bits per heavy atom. The molecule has 1 N–H and O–H groups in total. The van der Waals surface area contributed by atoms with Gasteiger partial charge in [0.15, 0.2) is 0 Å². The number of hydrogen-bond donors (Lipinski definition) is 1. The molecular formula is C23H20N2O4. The highest BCUT2D eigenvalue weighted by Crippen LogP contribution is 2.33. The summed E-state index contributed by atoms with van der Waals surface area (Å²) in [5.74, 6) is -0.364. The van der Waals surface area contributed by atoms with E-state index in [9.17, 15) is 14.4 Å². The highest BCUT2D eigenvalue weighted by molar-refractivity contribution is 5.94. The van der Waals surface area contributed by atoms with Crippen LogP contribution in [0.4, 0.5) is 5.69 Å². The first-order valence-corrected chi connectivity index (χ1v) is 9.33. The Bertz CT molecular complexity index is 1210. The van der Waals surface area contributed by atoms with Crippen molar-refractivity contribution in [3.8, 4) is 0 Å². The molecule has 0 fully saturated rings. The largest absolute Gasteiger partial charge is 0.423 e. The third-order valence-electron chi connectivity index (χ3n) is 5.08. The number of anilines is 1. The minimum Gasteiger partial charge on any atom is -0.423 e. The number of nitrogens with one attached hydrogen (secondary N) is 1. The van der Waals surface area contributed by atoms with E-state index >= 15 is 0 Å². The van der Waals surface area contributed by atoms with Gasteiger partial charge in [0.05, 0.1) is 12.5 Å². The molecule has 0 aliphatic carbocycles. The fraction of sp³-hybridized carbons (Fsp3) is 0.174. The minimum atomic E-state index is -0.429. The summed E-state index contributed by atoms with van der Waals surface area (Å²) in [7, 11) is 0. The van der Waals surface area contributed by atoms with Crippen LogP contribution in [0.2, 0.25) is 0 Å². The van der Waals surface area contributed by atoms with E-state index in [1.54, 1.807) is 23.2 Å². The fourth-order valence-electron chi connectivity index (χ4n) is 3.70. The van der Waals surface area contributed by atoms with Gasteiger partial charge in [-0.05, 0) is 41.8 Å². The van der Waals surface area contributed by atoms with Crippen molar-refractivity contribution < 1.29 is 14.0 Å². The van der Waals surface area contributed by atoms with Gasteiger partial charge in [-0.1, -0.05) is 24.3 Å². The molecule has 4 rings (SSSR count). The van der Waals surface area contributed by atoms with Crippen molar-refractivity contribution in [1.82, 2.24) is 4.90 Å². The smallest absolute Gasteiger partial charge is 0.336 e. The summed E-state index contributed by atoms with van der Waals surface area (Å²) < 4.78 is 5.24. The van der Waals surface area contributed by atoms with E-state index in [4.69, 9.17) is 4.42 Å². The number of carbonyl (C=O) groups is 2. The van der Waals surface area contributed by atoms with Crippen molar-refractivity contribution in [2.75, 3.05) is 5.32 Å². The molecule has 0 bridgehead atoms. The van der Waals surface area contributed by atoms with Gasteiger partial charge in [0, 0.05) is 36.3 Å². The molecule has 1 aliphatic heterocycles. The standard InChI is InChI=1S/C23H20N2O4/c1-14-11-23(28)29-21-12-17(7-8-18(14)21)24-22(27)13-20-19-6-4-3-5-16(19)9-10-25(20)15(2)26/h3-12,20H,13H2,1-2H3,(H,24,27). The zero-order chi connectivity index (χ0) is 20.5. The summed E-state index contributed by atoms with van der Waals surface area (Å²) in [4.78, 5) is 38.0.